The minimum Gasteiger partial charge on any atom is -0.244 e. The summed E-state index contributed by atoms with van der Waals surface area (Å²) in [4.78, 5) is 20.6. The molecule has 6 aromatic carbocycles. The summed E-state index contributed by atoms with van der Waals surface area (Å²) in [5.41, 5.74) is 14.4. The number of aromatic nitrogens is 4. The molecule has 0 N–H and O–H groups in total. The summed E-state index contributed by atoms with van der Waals surface area (Å²) in [5.74, 6) is 0. The molecule has 0 aliphatic rings. The van der Waals surface area contributed by atoms with Crippen LogP contribution in [0.25, 0.3) is 78.2 Å². The SMILES string of the molecule is Cc1ccc(-c2nc3cc(-c4ccc5nc(-c6ccccc6)c(-c6ccccc6)nc5c4)ccc3nc2-c2ccccc2)cc1. The second kappa shape index (κ2) is 11.3. The van der Waals surface area contributed by atoms with Gasteiger partial charge < -0.3 is 0 Å². The van der Waals surface area contributed by atoms with Crippen LogP contribution in [0.4, 0.5) is 0 Å². The van der Waals surface area contributed by atoms with Crippen molar-refractivity contribution in [1.82, 2.24) is 19.9 Å². The minimum atomic E-state index is 0.844. The lowest BCUT2D eigenvalue weighted by atomic mass is 10.0. The molecule has 0 fully saturated rings. The summed E-state index contributed by atoms with van der Waals surface area (Å²) in [6, 6.07) is 51.9. The van der Waals surface area contributed by atoms with E-state index in [1.807, 2.05) is 54.6 Å². The average molecular weight is 577 g/mol. The Morgan fingerprint density at radius 1 is 0.289 bits per heavy atom. The Morgan fingerprint density at radius 3 is 0.978 bits per heavy atom. The zero-order chi connectivity index (χ0) is 30.2. The molecule has 212 valence electrons. The standard InChI is InChI=1S/C41H28N4/c1-27-17-19-31(20-18-27)41-39(29-13-7-3-8-14-29)43-35-24-22-33(26-37(35)45-41)32-21-23-34-36(25-32)44-40(30-15-9-4-10-16-30)38(42-34)28-11-5-2-6-12-28/h2-26H,1H3. The molecule has 0 radical (unpaired) electrons. The molecule has 0 atom stereocenters. The lowest BCUT2D eigenvalue weighted by Gasteiger charge is -2.13. The highest BCUT2D eigenvalue weighted by Gasteiger charge is 2.16. The van der Waals surface area contributed by atoms with Crippen molar-refractivity contribution in [1.29, 1.82) is 0 Å². The van der Waals surface area contributed by atoms with E-state index in [4.69, 9.17) is 19.9 Å². The minimum absolute atomic E-state index is 0.844. The van der Waals surface area contributed by atoms with Crippen LogP contribution in [0.15, 0.2) is 152 Å². The lowest BCUT2D eigenvalue weighted by molar-refractivity contribution is 1.29. The fourth-order valence-corrected chi connectivity index (χ4v) is 5.77. The zero-order valence-corrected chi connectivity index (χ0v) is 24.7. The van der Waals surface area contributed by atoms with Gasteiger partial charge in [0.25, 0.3) is 0 Å². The molecule has 45 heavy (non-hydrogen) atoms. The Morgan fingerprint density at radius 2 is 0.600 bits per heavy atom. The van der Waals surface area contributed by atoms with Crippen LogP contribution in [-0.4, -0.2) is 19.9 Å². The average Bonchev–Trinajstić information content (AvgIpc) is 3.11. The molecule has 4 nitrogen and oxygen atoms in total. The second-order valence-electron chi connectivity index (χ2n) is 11.2. The molecule has 0 saturated carbocycles. The third kappa shape index (κ3) is 5.13. The maximum atomic E-state index is 5.21. The van der Waals surface area contributed by atoms with Crippen molar-refractivity contribution in [3.8, 4) is 56.2 Å². The van der Waals surface area contributed by atoms with Gasteiger partial charge in [-0.3, -0.25) is 0 Å². The van der Waals surface area contributed by atoms with Crippen molar-refractivity contribution >= 4 is 22.1 Å². The highest BCUT2D eigenvalue weighted by molar-refractivity contribution is 5.92. The van der Waals surface area contributed by atoms with Crippen LogP contribution >= 0.6 is 0 Å². The van der Waals surface area contributed by atoms with Gasteiger partial charge in [0.2, 0.25) is 0 Å². The lowest BCUT2D eigenvalue weighted by Crippen LogP contribution is -1.97. The van der Waals surface area contributed by atoms with Gasteiger partial charge in [0, 0.05) is 22.3 Å². The molecule has 8 aromatic rings. The Bertz CT molecular complexity index is 2300. The second-order valence-corrected chi connectivity index (χ2v) is 11.2. The summed E-state index contributed by atoms with van der Waals surface area (Å²) < 4.78 is 0. The van der Waals surface area contributed by atoms with Crippen molar-refractivity contribution in [3.63, 3.8) is 0 Å². The van der Waals surface area contributed by atoms with Crippen LogP contribution < -0.4 is 0 Å². The number of hydrogen-bond donors (Lipinski definition) is 0. The topological polar surface area (TPSA) is 51.6 Å². The van der Waals surface area contributed by atoms with Crippen molar-refractivity contribution < 1.29 is 0 Å². The highest BCUT2D eigenvalue weighted by Crippen LogP contribution is 2.35. The third-order valence-corrected chi connectivity index (χ3v) is 8.13. The molecule has 4 heteroatoms. The third-order valence-electron chi connectivity index (χ3n) is 8.13. The number of aryl methyl sites for hydroxylation is 1. The fraction of sp³-hybridized carbons (Fsp3) is 0.0244. The van der Waals surface area contributed by atoms with Crippen LogP contribution in [-0.2, 0) is 0 Å². The molecular formula is C41H28N4. The quantitative estimate of drug-likeness (QED) is 0.205. The summed E-state index contributed by atoms with van der Waals surface area (Å²) in [7, 11) is 0. The van der Waals surface area contributed by atoms with Gasteiger partial charge in [-0.1, -0.05) is 133 Å². The number of rotatable bonds is 5. The van der Waals surface area contributed by atoms with E-state index >= 15 is 0 Å². The van der Waals surface area contributed by atoms with Gasteiger partial charge in [0.1, 0.15) is 0 Å². The van der Waals surface area contributed by atoms with Crippen molar-refractivity contribution in [2.45, 2.75) is 6.92 Å². The van der Waals surface area contributed by atoms with Gasteiger partial charge >= 0.3 is 0 Å². The first kappa shape index (κ1) is 26.6. The van der Waals surface area contributed by atoms with E-state index in [1.165, 1.54) is 5.56 Å². The largest absolute Gasteiger partial charge is 0.244 e. The van der Waals surface area contributed by atoms with E-state index in [9.17, 15) is 0 Å². The maximum absolute atomic E-state index is 5.21. The summed E-state index contributed by atoms with van der Waals surface area (Å²) in [5, 5.41) is 0. The van der Waals surface area contributed by atoms with E-state index in [0.717, 1.165) is 78.2 Å². The molecule has 8 rings (SSSR count). The Balaban J connectivity index is 1.27. The molecule has 2 aromatic heterocycles. The predicted molar refractivity (Wildman–Crippen MR) is 185 cm³/mol. The Kier molecular flexibility index (Phi) is 6.65. The van der Waals surface area contributed by atoms with E-state index in [-0.39, 0.29) is 0 Å². The Hall–Kier alpha value is -6.00. The molecule has 0 bridgehead atoms. The highest BCUT2D eigenvalue weighted by atomic mass is 14.8. The molecule has 0 spiro atoms. The first-order valence-electron chi connectivity index (χ1n) is 15.1. The van der Waals surface area contributed by atoms with E-state index in [2.05, 4.69) is 104 Å². The first-order chi connectivity index (χ1) is 22.2. The molecule has 0 aliphatic carbocycles. The molecule has 0 aliphatic heterocycles. The van der Waals surface area contributed by atoms with Crippen molar-refractivity contribution in [2.24, 2.45) is 0 Å². The zero-order valence-electron chi connectivity index (χ0n) is 24.7. The van der Waals surface area contributed by atoms with Crippen LogP contribution in [0, 0.1) is 6.92 Å². The van der Waals surface area contributed by atoms with Crippen LogP contribution in [0.5, 0.6) is 0 Å². The Labute approximate surface area is 261 Å². The van der Waals surface area contributed by atoms with Crippen molar-refractivity contribution in [2.75, 3.05) is 0 Å². The first-order valence-corrected chi connectivity index (χ1v) is 15.1. The number of nitrogens with zero attached hydrogens (tertiary/aromatic N) is 4. The summed E-state index contributed by atoms with van der Waals surface area (Å²) >= 11 is 0. The van der Waals surface area contributed by atoms with Gasteiger partial charge in [0.15, 0.2) is 0 Å². The van der Waals surface area contributed by atoms with E-state index in [0.29, 0.717) is 0 Å². The van der Waals surface area contributed by atoms with Gasteiger partial charge in [-0.15, -0.1) is 0 Å². The molecule has 0 saturated heterocycles. The molecule has 0 unspecified atom stereocenters. The predicted octanol–water partition coefficient (Wildman–Crippen LogP) is 10.2. The monoisotopic (exact) mass is 576 g/mol. The maximum Gasteiger partial charge on any atom is 0.0973 e. The number of hydrogen-bond acceptors (Lipinski definition) is 4. The summed E-state index contributed by atoms with van der Waals surface area (Å²) in [6.45, 7) is 2.10. The summed E-state index contributed by atoms with van der Waals surface area (Å²) in [6.07, 6.45) is 0. The van der Waals surface area contributed by atoms with E-state index in [1.54, 1.807) is 0 Å². The van der Waals surface area contributed by atoms with E-state index < -0.39 is 0 Å². The number of benzene rings is 6. The van der Waals surface area contributed by atoms with Crippen molar-refractivity contribution in [3.05, 3.63) is 157 Å². The molecule has 0 amide bonds. The van der Waals surface area contributed by atoms with Crippen LogP contribution in [0.2, 0.25) is 0 Å². The van der Waals surface area contributed by atoms with Gasteiger partial charge in [0.05, 0.1) is 44.8 Å². The van der Waals surface area contributed by atoms with Gasteiger partial charge in [-0.25, -0.2) is 19.9 Å². The number of fused-ring (bicyclic) bond motifs is 2. The van der Waals surface area contributed by atoms with Crippen LogP contribution in [0.1, 0.15) is 5.56 Å². The molecular weight excluding hydrogens is 548 g/mol. The van der Waals surface area contributed by atoms with Crippen LogP contribution in [0.3, 0.4) is 0 Å². The molecule has 2 heterocycles. The fourth-order valence-electron chi connectivity index (χ4n) is 5.77. The normalized spacial score (nSPS) is 11.2. The smallest absolute Gasteiger partial charge is 0.0973 e. The van der Waals surface area contributed by atoms with Gasteiger partial charge in [-0.05, 0) is 42.3 Å². The van der Waals surface area contributed by atoms with Gasteiger partial charge in [-0.2, -0.15) is 0 Å².